The van der Waals surface area contributed by atoms with Crippen LogP contribution in [-0.2, 0) is 0 Å². The number of hydrazone groups is 1. The monoisotopic (exact) mass is 259 g/mol. The maximum absolute atomic E-state index is 5.13. The van der Waals surface area contributed by atoms with Crippen LogP contribution in [0.2, 0.25) is 0 Å². The van der Waals surface area contributed by atoms with Gasteiger partial charge in [0.2, 0.25) is 0 Å². The van der Waals surface area contributed by atoms with Gasteiger partial charge in [-0.25, -0.2) is 0 Å². The Hall–Kier alpha value is -2.21. The second-order valence-corrected chi connectivity index (χ2v) is 4.01. The minimum atomic E-state index is 0.445. The van der Waals surface area contributed by atoms with Crippen molar-refractivity contribution in [3.63, 3.8) is 0 Å². The van der Waals surface area contributed by atoms with E-state index in [1.165, 1.54) is 0 Å². The third-order valence-corrected chi connectivity index (χ3v) is 2.44. The lowest BCUT2D eigenvalue weighted by molar-refractivity contribution is 1.02. The molecule has 92 valence electrons. The van der Waals surface area contributed by atoms with Gasteiger partial charge in [0, 0.05) is 11.9 Å². The average Bonchev–Trinajstić information content (AvgIpc) is 2.91. The predicted molar refractivity (Wildman–Crippen MR) is 76.6 cm³/mol. The highest BCUT2D eigenvalue weighted by atomic mass is 32.1. The fourth-order valence-corrected chi connectivity index (χ4v) is 1.50. The van der Waals surface area contributed by atoms with Crippen LogP contribution < -0.4 is 10.7 Å². The third-order valence-electron chi connectivity index (χ3n) is 2.25. The van der Waals surface area contributed by atoms with Crippen molar-refractivity contribution in [2.75, 3.05) is 5.32 Å². The molecule has 0 aliphatic rings. The summed E-state index contributed by atoms with van der Waals surface area (Å²) in [5.41, 5.74) is 5.33. The highest BCUT2D eigenvalue weighted by molar-refractivity contribution is 7.80. The number of nitrogens with one attached hydrogen (secondary N) is 3. The number of thiocarbonyl (C=S) groups is 1. The zero-order chi connectivity index (χ0) is 12.8. The molecule has 0 saturated heterocycles. The molecule has 0 aliphatic heterocycles. The molecule has 18 heavy (non-hydrogen) atoms. The molecule has 5 nitrogen and oxygen atoms in total. The van der Waals surface area contributed by atoms with E-state index in [-0.39, 0.29) is 0 Å². The highest BCUT2D eigenvalue weighted by Crippen LogP contribution is 2.04. The Morgan fingerprint density at radius 2 is 2.06 bits per heavy atom. The summed E-state index contributed by atoms with van der Waals surface area (Å²) >= 11 is 5.13. The van der Waals surface area contributed by atoms with E-state index in [1.807, 2.05) is 43.3 Å². The molecular formula is C12H13N5S. The Bertz CT molecular complexity index is 533. The number of nitrogens with zero attached hydrogens (tertiary/aromatic N) is 2. The first-order chi connectivity index (χ1) is 8.75. The molecule has 0 amide bonds. The maximum Gasteiger partial charge on any atom is 0.191 e. The van der Waals surface area contributed by atoms with E-state index in [9.17, 15) is 0 Å². The van der Waals surface area contributed by atoms with Crippen LogP contribution in [0.1, 0.15) is 12.6 Å². The van der Waals surface area contributed by atoms with Crippen molar-refractivity contribution in [3.8, 4) is 0 Å². The van der Waals surface area contributed by atoms with Gasteiger partial charge >= 0.3 is 0 Å². The molecule has 0 aliphatic carbocycles. The third kappa shape index (κ3) is 3.39. The summed E-state index contributed by atoms with van der Waals surface area (Å²) in [6, 6.07) is 11.5. The minimum absolute atomic E-state index is 0.445. The first-order valence-corrected chi connectivity index (χ1v) is 5.82. The molecule has 1 aromatic heterocycles. The fourth-order valence-electron chi connectivity index (χ4n) is 1.33. The van der Waals surface area contributed by atoms with Gasteiger partial charge in [-0.2, -0.15) is 10.2 Å². The van der Waals surface area contributed by atoms with Crippen LogP contribution in [-0.4, -0.2) is 21.0 Å². The van der Waals surface area contributed by atoms with E-state index in [4.69, 9.17) is 12.2 Å². The second-order valence-electron chi connectivity index (χ2n) is 3.60. The summed E-state index contributed by atoms with van der Waals surface area (Å²) in [6.07, 6.45) is 1.68. The molecule has 0 atom stereocenters. The zero-order valence-corrected chi connectivity index (χ0v) is 10.7. The molecule has 0 radical (unpaired) electrons. The van der Waals surface area contributed by atoms with Gasteiger partial charge in [-0.1, -0.05) is 18.2 Å². The largest absolute Gasteiger partial charge is 0.331 e. The van der Waals surface area contributed by atoms with Gasteiger partial charge in [0.05, 0.1) is 11.4 Å². The first kappa shape index (κ1) is 12.3. The number of rotatable bonds is 3. The van der Waals surface area contributed by atoms with Gasteiger partial charge in [0.25, 0.3) is 0 Å². The van der Waals surface area contributed by atoms with Crippen LogP contribution in [0, 0.1) is 0 Å². The normalized spacial score (nSPS) is 11.1. The summed E-state index contributed by atoms with van der Waals surface area (Å²) in [5.74, 6) is 0. The molecule has 6 heteroatoms. The lowest BCUT2D eigenvalue weighted by atomic mass is 10.3. The van der Waals surface area contributed by atoms with E-state index in [2.05, 4.69) is 26.0 Å². The molecular weight excluding hydrogens is 246 g/mol. The Morgan fingerprint density at radius 1 is 1.28 bits per heavy atom. The molecule has 2 aromatic rings. The Balaban J connectivity index is 1.91. The molecule has 3 N–H and O–H groups in total. The number of H-pyrrole nitrogens is 1. The van der Waals surface area contributed by atoms with Gasteiger partial charge in [-0.05, 0) is 37.3 Å². The second kappa shape index (κ2) is 5.92. The van der Waals surface area contributed by atoms with Crippen LogP contribution in [0.5, 0.6) is 0 Å². The number of aromatic nitrogens is 2. The van der Waals surface area contributed by atoms with Crippen molar-refractivity contribution in [3.05, 3.63) is 48.3 Å². The SMILES string of the molecule is C/C(=N\NC(=S)Nc1ccccc1)c1ccn[nH]1. The van der Waals surface area contributed by atoms with E-state index in [0.717, 1.165) is 17.1 Å². The van der Waals surface area contributed by atoms with Gasteiger partial charge in [-0.15, -0.1) is 0 Å². The summed E-state index contributed by atoms with van der Waals surface area (Å²) in [6.45, 7) is 1.87. The Morgan fingerprint density at radius 3 is 2.72 bits per heavy atom. The molecule has 0 spiro atoms. The van der Waals surface area contributed by atoms with Gasteiger partial charge in [0.15, 0.2) is 5.11 Å². The van der Waals surface area contributed by atoms with Crippen LogP contribution in [0.15, 0.2) is 47.7 Å². The van der Waals surface area contributed by atoms with E-state index < -0.39 is 0 Å². The lowest BCUT2D eigenvalue weighted by Crippen LogP contribution is -2.24. The highest BCUT2D eigenvalue weighted by Gasteiger charge is 1.99. The maximum atomic E-state index is 5.13. The molecule has 0 fully saturated rings. The van der Waals surface area contributed by atoms with Crippen molar-refractivity contribution < 1.29 is 0 Å². The summed E-state index contributed by atoms with van der Waals surface area (Å²) < 4.78 is 0. The number of benzene rings is 1. The quantitative estimate of drug-likeness (QED) is 0.449. The molecule has 1 heterocycles. The van der Waals surface area contributed by atoms with Crippen molar-refractivity contribution in [1.29, 1.82) is 0 Å². The van der Waals surface area contributed by atoms with Crippen LogP contribution in [0.4, 0.5) is 5.69 Å². The molecule has 0 saturated carbocycles. The van der Waals surface area contributed by atoms with Crippen LogP contribution >= 0.6 is 12.2 Å². The van der Waals surface area contributed by atoms with Crippen molar-refractivity contribution in [2.45, 2.75) is 6.92 Å². The molecule has 0 bridgehead atoms. The standard InChI is InChI=1S/C12H13N5S/c1-9(11-7-8-13-16-11)15-17-12(18)14-10-5-3-2-4-6-10/h2-8H,1H3,(H,13,16)(H2,14,17,18)/b15-9+. The fraction of sp³-hybridized carbons (Fsp3) is 0.0833. The number of aromatic amines is 1. The van der Waals surface area contributed by atoms with Gasteiger partial charge in [-0.3, -0.25) is 10.5 Å². The molecule has 0 unspecified atom stereocenters. The number of anilines is 1. The minimum Gasteiger partial charge on any atom is -0.331 e. The summed E-state index contributed by atoms with van der Waals surface area (Å²) in [4.78, 5) is 0. The van der Waals surface area contributed by atoms with E-state index in [0.29, 0.717) is 5.11 Å². The average molecular weight is 259 g/mol. The summed E-state index contributed by atoms with van der Waals surface area (Å²) in [7, 11) is 0. The van der Waals surface area contributed by atoms with Gasteiger partial charge < -0.3 is 5.32 Å². The van der Waals surface area contributed by atoms with Crippen LogP contribution in [0.3, 0.4) is 0 Å². The number of hydrogen-bond acceptors (Lipinski definition) is 3. The lowest BCUT2D eigenvalue weighted by Gasteiger charge is -2.07. The van der Waals surface area contributed by atoms with Crippen LogP contribution in [0.25, 0.3) is 0 Å². The van der Waals surface area contributed by atoms with Gasteiger partial charge in [0.1, 0.15) is 0 Å². The predicted octanol–water partition coefficient (Wildman–Crippen LogP) is 2.12. The van der Waals surface area contributed by atoms with E-state index in [1.54, 1.807) is 6.20 Å². The smallest absolute Gasteiger partial charge is 0.191 e. The van der Waals surface area contributed by atoms with E-state index >= 15 is 0 Å². The number of para-hydroxylation sites is 1. The Labute approximate surface area is 110 Å². The van der Waals surface area contributed by atoms with Crippen molar-refractivity contribution in [2.24, 2.45) is 5.10 Å². The Kier molecular flexibility index (Phi) is 4.03. The first-order valence-electron chi connectivity index (χ1n) is 5.42. The van der Waals surface area contributed by atoms with Crippen molar-refractivity contribution in [1.82, 2.24) is 15.6 Å². The summed E-state index contributed by atoms with van der Waals surface area (Å²) in [5, 5.41) is 14.3. The van der Waals surface area contributed by atoms with Crippen molar-refractivity contribution >= 4 is 28.7 Å². The molecule has 1 aromatic carbocycles. The molecule has 2 rings (SSSR count). The topological polar surface area (TPSA) is 65.1 Å². The zero-order valence-electron chi connectivity index (χ0n) is 9.84. The number of hydrogen-bond donors (Lipinski definition) is 3.